The van der Waals surface area contributed by atoms with Crippen molar-refractivity contribution in [2.75, 3.05) is 6.61 Å². The molecule has 9 heteroatoms. The number of aryl methyl sites for hydroxylation is 1. The van der Waals surface area contributed by atoms with Crippen molar-refractivity contribution in [3.63, 3.8) is 0 Å². The van der Waals surface area contributed by atoms with Crippen LogP contribution in [0, 0.1) is 6.92 Å². The third kappa shape index (κ3) is 4.27. The summed E-state index contributed by atoms with van der Waals surface area (Å²) in [5, 5.41) is 0. The summed E-state index contributed by atoms with van der Waals surface area (Å²) < 4.78 is 33.0. The van der Waals surface area contributed by atoms with Crippen molar-refractivity contribution in [2.45, 2.75) is 35.7 Å². The third-order valence-corrected chi connectivity index (χ3v) is 6.68. The van der Waals surface area contributed by atoms with Crippen molar-refractivity contribution in [3.8, 4) is 0 Å². The van der Waals surface area contributed by atoms with E-state index in [1.165, 1.54) is 12.1 Å². The van der Waals surface area contributed by atoms with Gasteiger partial charge in [-0.15, -0.1) is 0 Å². The number of alkyl halides is 2. The highest BCUT2D eigenvalue weighted by Crippen LogP contribution is 2.38. The number of carbonyl (C=O) groups excluding carboxylic acids is 1. The van der Waals surface area contributed by atoms with Gasteiger partial charge in [0.25, 0.3) is 10.0 Å². The first-order valence-corrected chi connectivity index (χ1v) is 11.3. The van der Waals surface area contributed by atoms with Crippen LogP contribution in [0.1, 0.15) is 24.1 Å². The maximum absolute atomic E-state index is 13.5. The normalized spacial score (nSPS) is 19.3. The quantitative estimate of drug-likeness (QED) is 0.490. The Morgan fingerprint density at radius 2 is 1.76 bits per heavy atom. The number of esters is 1. The highest BCUT2D eigenvalue weighted by atomic mass is 35.5. The van der Waals surface area contributed by atoms with Crippen LogP contribution in [-0.2, 0) is 19.6 Å². The second kappa shape index (κ2) is 8.73. The van der Waals surface area contributed by atoms with Crippen LogP contribution < -0.4 is 0 Å². The smallest absolute Gasteiger partial charge is 0.332 e. The number of hydrogen-bond donors (Lipinski definition) is 0. The first-order valence-electron chi connectivity index (χ1n) is 8.96. The van der Waals surface area contributed by atoms with E-state index in [0.717, 1.165) is 9.87 Å². The monoisotopic (exact) mass is 454 g/mol. The molecule has 0 aromatic heterocycles. The molecule has 1 heterocycles. The van der Waals surface area contributed by atoms with E-state index < -0.39 is 32.9 Å². The number of benzene rings is 2. The summed E-state index contributed by atoms with van der Waals surface area (Å²) in [4.78, 5) is 16.0. The summed E-state index contributed by atoms with van der Waals surface area (Å²) >= 11 is 12.1. The van der Waals surface area contributed by atoms with Gasteiger partial charge in [0.1, 0.15) is 11.9 Å². The zero-order valence-electron chi connectivity index (χ0n) is 15.8. The van der Waals surface area contributed by atoms with Gasteiger partial charge < -0.3 is 4.74 Å². The molecule has 0 aliphatic carbocycles. The fourth-order valence-corrected chi connectivity index (χ4v) is 5.19. The van der Waals surface area contributed by atoms with Crippen LogP contribution in [0.4, 0.5) is 0 Å². The van der Waals surface area contributed by atoms with Crippen molar-refractivity contribution in [1.82, 2.24) is 4.31 Å². The summed E-state index contributed by atoms with van der Waals surface area (Å²) in [6.45, 7) is 3.59. The van der Waals surface area contributed by atoms with Gasteiger partial charge in [0, 0.05) is 0 Å². The summed E-state index contributed by atoms with van der Waals surface area (Å²) in [6, 6.07) is 13.1. The Hall–Kier alpha value is -2.09. The van der Waals surface area contributed by atoms with Gasteiger partial charge in [-0.3, -0.25) is 4.99 Å². The largest absolute Gasteiger partial charge is 0.464 e. The van der Waals surface area contributed by atoms with Crippen molar-refractivity contribution in [3.05, 3.63) is 65.7 Å². The number of aliphatic imine (C=N–C) groups is 1. The molecule has 1 aliphatic rings. The van der Waals surface area contributed by atoms with E-state index in [2.05, 4.69) is 4.99 Å². The number of halogens is 2. The van der Waals surface area contributed by atoms with Gasteiger partial charge in [0.2, 0.25) is 0 Å². The fourth-order valence-electron chi connectivity index (χ4n) is 3.15. The van der Waals surface area contributed by atoms with E-state index in [0.29, 0.717) is 5.56 Å². The van der Waals surface area contributed by atoms with Gasteiger partial charge in [-0.2, -0.15) is 0 Å². The first kappa shape index (κ1) is 21.6. The van der Waals surface area contributed by atoms with Crippen LogP contribution in [0.3, 0.4) is 0 Å². The molecule has 0 unspecified atom stereocenters. The SMILES string of the molecule is CCOC(=O)[C@H]1[C@H](c2ccccc2)N=C(C(Cl)Cl)N1S(=O)(=O)c1ccc(C)cc1. The molecule has 0 fully saturated rings. The minimum Gasteiger partial charge on any atom is -0.464 e. The number of amidine groups is 1. The third-order valence-electron chi connectivity index (χ3n) is 4.49. The average Bonchev–Trinajstić information content (AvgIpc) is 3.11. The molecule has 2 aromatic rings. The Balaban J connectivity index is 2.16. The van der Waals surface area contributed by atoms with Crippen molar-refractivity contribution in [2.24, 2.45) is 4.99 Å². The Labute approximate surface area is 180 Å². The molecule has 29 heavy (non-hydrogen) atoms. The summed E-state index contributed by atoms with van der Waals surface area (Å²) in [5.41, 5.74) is 1.55. The molecule has 0 spiro atoms. The first-order chi connectivity index (χ1) is 13.8. The molecular weight excluding hydrogens is 435 g/mol. The summed E-state index contributed by atoms with van der Waals surface area (Å²) in [6.07, 6.45) is 0. The van der Waals surface area contributed by atoms with E-state index >= 15 is 0 Å². The molecule has 2 atom stereocenters. The molecule has 1 aliphatic heterocycles. The van der Waals surface area contributed by atoms with E-state index in [1.54, 1.807) is 43.3 Å². The van der Waals surface area contributed by atoms with E-state index in [9.17, 15) is 13.2 Å². The molecular formula is C20H20Cl2N2O4S. The van der Waals surface area contributed by atoms with Gasteiger partial charge in [-0.1, -0.05) is 71.2 Å². The Bertz CT molecular complexity index is 1010. The molecule has 0 N–H and O–H groups in total. The predicted octanol–water partition coefficient (Wildman–Crippen LogP) is 3.87. The lowest BCUT2D eigenvalue weighted by molar-refractivity contribution is -0.147. The van der Waals surface area contributed by atoms with Crippen molar-refractivity contribution in [1.29, 1.82) is 0 Å². The standard InChI is InChI=1S/C20H20Cl2N2O4S/c1-3-28-20(25)17-16(14-7-5-4-6-8-14)23-19(18(21)22)24(17)29(26,27)15-11-9-13(2)10-12-15/h4-12,16-18H,3H2,1-2H3/t16-,17+/m0/s1. The minimum absolute atomic E-state index is 0.00722. The van der Waals surface area contributed by atoms with Crippen LogP contribution in [-0.4, -0.2) is 42.0 Å². The Morgan fingerprint density at radius 1 is 1.14 bits per heavy atom. The van der Waals surface area contributed by atoms with Crippen LogP contribution >= 0.6 is 23.2 Å². The fraction of sp³-hybridized carbons (Fsp3) is 0.300. The topological polar surface area (TPSA) is 76.0 Å². The van der Waals surface area contributed by atoms with Gasteiger partial charge in [0.15, 0.2) is 10.9 Å². The van der Waals surface area contributed by atoms with E-state index in [-0.39, 0.29) is 17.3 Å². The number of carbonyl (C=O) groups is 1. The molecule has 2 aromatic carbocycles. The number of hydrogen-bond acceptors (Lipinski definition) is 5. The summed E-state index contributed by atoms with van der Waals surface area (Å²) in [5.74, 6) is -0.828. The molecule has 154 valence electrons. The maximum atomic E-state index is 13.5. The lowest BCUT2D eigenvalue weighted by Gasteiger charge is -2.28. The summed E-state index contributed by atoms with van der Waals surface area (Å²) in [7, 11) is -4.17. The maximum Gasteiger partial charge on any atom is 0.332 e. The zero-order chi connectivity index (χ0) is 21.2. The highest BCUT2D eigenvalue weighted by Gasteiger charge is 2.50. The number of sulfonamides is 1. The molecule has 0 saturated heterocycles. The number of ether oxygens (including phenoxy) is 1. The van der Waals surface area contributed by atoms with Crippen LogP contribution in [0.15, 0.2) is 64.5 Å². The zero-order valence-corrected chi connectivity index (χ0v) is 18.2. The molecule has 0 saturated carbocycles. The lowest BCUT2D eigenvalue weighted by Crippen LogP contribution is -2.48. The number of nitrogens with zero attached hydrogens (tertiary/aromatic N) is 2. The van der Waals surface area contributed by atoms with Gasteiger partial charge in [-0.25, -0.2) is 17.5 Å². The van der Waals surface area contributed by atoms with Crippen molar-refractivity contribution < 1.29 is 17.9 Å². The molecule has 3 rings (SSSR count). The number of rotatable bonds is 6. The predicted molar refractivity (Wildman–Crippen MR) is 113 cm³/mol. The highest BCUT2D eigenvalue weighted by molar-refractivity contribution is 7.89. The molecule has 6 nitrogen and oxygen atoms in total. The van der Waals surface area contributed by atoms with Gasteiger partial charge >= 0.3 is 5.97 Å². The van der Waals surface area contributed by atoms with Crippen molar-refractivity contribution >= 4 is 45.0 Å². The second-order valence-electron chi connectivity index (χ2n) is 6.45. The van der Waals surface area contributed by atoms with E-state index in [1.807, 2.05) is 13.0 Å². The van der Waals surface area contributed by atoms with E-state index in [4.69, 9.17) is 27.9 Å². The molecule has 0 bridgehead atoms. The lowest BCUT2D eigenvalue weighted by atomic mass is 10.0. The van der Waals surface area contributed by atoms with Crippen LogP contribution in [0.2, 0.25) is 0 Å². The second-order valence-corrected chi connectivity index (χ2v) is 9.37. The van der Waals surface area contributed by atoms with Gasteiger partial charge in [0.05, 0.1) is 11.5 Å². The van der Waals surface area contributed by atoms with Gasteiger partial charge in [-0.05, 0) is 31.5 Å². The Kier molecular flexibility index (Phi) is 6.51. The van der Waals surface area contributed by atoms with Crippen LogP contribution in [0.25, 0.3) is 0 Å². The molecule has 0 amide bonds. The Morgan fingerprint density at radius 3 is 2.31 bits per heavy atom. The molecule has 0 radical (unpaired) electrons. The van der Waals surface area contributed by atoms with Crippen LogP contribution in [0.5, 0.6) is 0 Å². The average molecular weight is 455 g/mol. The minimum atomic E-state index is -4.17.